The summed E-state index contributed by atoms with van der Waals surface area (Å²) in [6.07, 6.45) is 3.32. The Balaban J connectivity index is 1.97. The van der Waals surface area contributed by atoms with Crippen LogP contribution in [0.1, 0.15) is 55.8 Å². The van der Waals surface area contributed by atoms with Gasteiger partial charge in [0.05, 0.1) is 0 Å². The molecule has 2 aromatic rings. The molecule has 92 valence electrons. The minimum Gasteiger partial charge on any atom is -0.328 e. The van der Waals surface area contributed by atoms with Crippen molar-refractivity contribution in [1.29, 1.82) is 0 Å². The van der Waals surface area contributed by atoms with Gasteiger partial charge in [0.2, 0.25) is 4.96 Å². The van der Waals surface area contributed by atoms with Gasteiger partial charge in [-0.3, -0.25) is 0 Å². The highest BCUT2D eigenvalue weighted by Crippen LogP contribution is 2.35. The highest BCUT2D eigenvalue weighted by atomic mass is 32.1. The maximum Gasteiger partial charge on any atom is 0.234 e. The Morgan fingerprint density at radius 3 is 2.82 bits per heavy atom. The molecule has 0 spiro atoms. The van der Waals surface area contributed by atoms with E-state index in [0.29, 0.717) is 17.9 Å². The van der Waals surface area contributed by atoms with Crippen LogP contribution in [0.25, 0.3) is 4.96 Å². The average molecular weight is 251 g/mol. The molecule has 2 unspecified atom stereocenters. The maximum atomic E-state index is 5.95. The summed E-state index contributed by atoms with van der Waals surface area (Å²) in [6, 6.07) is 0.346. The Morgan fingerprint density at radius 2 is 2.18 bits per heavy atom. The summed E-state index contributed by atoms with van der Waals surface area (Å²) >= 11 is 1.66. The second-order valence-corrected chi connectivity index (χ2v) is 6.11. The van der Waals surface area contributed by atoms with Gasteiger partial charge in [-0.2, -0.15) is 9.61 Å². The lowest BCUT2D eigenvalue weighted by atomic mass is 10.1. The van der Waals surface area contributed by atoms with Gasteiger partial charge in [-0.25, -0.2) is 0 Å². The fourth-order valence-corrected chi connectivity index (χ4v) is 3.41. The van der Waals surface area contributed by atoms with E-state index in [1.807, 2.05) is 4.52 Å². The predicted molar refractivity (Wildman–Crippen MR) is 67.3 cm³/mol. The number of nitrogens with zero attached hydrogens (tertiary/aromatic N) is 4. The van der Waals surface area contributed by atoms with Gasteiger partial charge < -0.3 is 5.73 Å². The van der Waals surface area contributed by atoms with Crippen LogP contribution in [-0.4, -0.2) is 25.9 Å². The van der Waals surface area contributed by atoms with Gasteiger partial charge in [0.1, 0.15) is 5.01 Å². The van der Waals surface area contributed by atoms with Gasteiger partial charge in [0.15, 0.2) is 5.82 Å². The van der Waals surface area contributed by atoms with E-state index in [-0.39, 0.29) is 0 Å². The van der Waals surface area contributed by atoms with Crippen LogP contribution in [0, 0.1) is 0 Å². The van der Waals surface area contributed by atoms with Crippen LogP contribution in [0.2, 0.25) is 0 Å². The van der Waals surface area contributed by atoms with E-state index in [4.69, 9.17) is 5.73 Å². The van der Waals surface area contributed by atoms with E-state index < -0.39 is 0 Å². The van der Waals surface area contributed by atoms with Crippen LogP contribution >= 0.6 is 11.3 Å². The summed E-state index contributed by atoms with van der Waals surface area (Å²) in [4.78, 5) is 0.907. The van der Waals surface area contributed by atoms with Crippen molar-refractivity contribution < 1.29 is 0 Å². The van der Waals surface area contributed by atoms with Crippen molar-refractivity contribution in [2.24, 2.45) is 5.73 Å². The lowest BCUT2D eigenvalue weighted by Crippen LogP contribution is -2.14. The highest BCUT2D eigenvalue weighted by Gasteiger charge is 2.27. The fourth-order valence-electron chi connectivity index (χ4n) is 2.41. The third-order valence-electron chi connectivity index (χ3n) is 3.37. The smallest absolute Gasteiger partial charge is 0.234 e. The molecule has 0 amide bonds. The SMILES string of the molecule is CC(C)c1nnc2sc(C3CCC(N)C3)nn12. The third-order valence-corrected chi connectivity index (χ3v) is 4.43. The van der Waals surface area contributed by atoms with Crippen LogP contribution in [0.15, 0.2) is 0 Å². The van der Waals surface area contributed by atoms with E-state index in [2.05, 4.69) is 29.1 Å². The first-order chi connectivity index (χ1) is 8.15. The normalized spacial score (nSPS) is 25.2. The van der Waals surface area contributed by atoms with Crippen LogP contribution < -0.4 is 5.73 Å². The molecular weight excluding hydrogens is 234 g/mol. The number of fused-ring (bicyclic) bond motifs is 1. The van der Waals surface area contributed by atoms with Gasteiger partial charge in [-0.1, -0.05) is 25.2 Å². The van der Waals surface area contributed by atoms with Crippen molar-refractivity contribution in [2.45, 2.75) is 51.0 Å². The quantitative estimate of drug-likeness (QED) is 0.885. The largest absolute Gasteiger partial charge is 0.328 e. The summed E-state index contributed by atoms with van der Waals surface area (Å²) in [5, 5.41) is 14.2. The Labute approximate surface area is 104 Å². The lowest BCUT2D eigenvalue weighted by Gasteiger charge is -2.03. The molecule has 0 aromatic carbocycles. The molecule has 5 nitrogen and oxygen atoms in total. The number of rotatable bonds is 2. The molecule has 2 aromatic heterocycles. The van der Waals surface area contributed by atoms with Crippen molar-refractivity contribution in [3.8, 4) is 0 Å². The topological polar surface area (TPSA) is 69.1 Å². The summed E-state index contributed by atoms with van der Waals surface area (Å²) in [5.74, 6) is 1.83. The second-order valence-electron chi connectivity index (χ2n) is 5.12. The van der Waals surface area contributed by atoms with E-state index in [9.17, 15) is 0 Å². The Bertz CT molecular complexity index is 529. The highest BCUT2D eigenvalue weighted by molar-refractivity contribution is 7.16. The number of hydrogen-bond donors (Lipinski definition) is 1. The summed E-state index contributed by atoms with van der Waals surface area (Å²) in [7, 11) is 0. The molecule has 1 saturated carbocycles. The first-order valence-electron chi connectivity index (χ1n) is 6.12. The van der Waals surface area contributed by atoms with Gasteiger partial charge >= 0.3 is 0 Å². The van der Waals surface area contributed by atoms with Gasteiger partial charge in [-0.15, -0.1) is 10.2 Å². The van der Waals surface area contributed by atoms with Crippen molar-refractivity contribution in [3.05, 3.63) is 10.8 Å². The molecule has 0 aliphatic heterocycles. The Kier molecular flexibility index (Phi) is 2.63. The minimum atomic E-state index is 0.346. The Morgan fingerprint density at radius 1 is 1.35 bits per heavy atom. The fraction of sp³-hybridized carbons (Fsp3) is 0.727. The predicted octanol–water partition coefficient (Wildman–Crippen LogP) is 1.90. The van der Waals surface area contributed by atoms with E-state index in [1.54, 1.807) is 11.3 Å². The summed E-state index contributed by atoms with van der Waals surface area (Å²) in [5.41, 5.74) is 5.95. The monoisotopic (exact) mass is 251 g/mol. The van der Waals surface area contributed by atoms with Crippen LogP contribution in [-0.2, 0) is 0 Å². The molecule has 0 bridgehead atoms. The van der Waals surface area contributed by atoms with Crippen LogP contribution in [0.3, 0.4) is 0 Å². The standard InChI is InChI=1S/C11H17N5S/c1-6(2)9-13-14-11-16(9)15-10(17-11)7-3-4-8(12)5-7/h6-8H,3-5,12H2,1-2H3. The van der Waals surface area contributed by atoms with E-state index >= 15 is 0 Å². The molecule has 1 fully saturated rings. The molecule has 2 N–H and O–H groups in total. The molecule has 3 rings (SSSR count). The van der Waals surface area contributed by atoms with Crippen molar-refractivity contribution in [1.82, 2.24) is 19.8 Å². The number of nitrogens with two attached hydrogens (primary N) is 1. The molecule has 0 radical (unpaired) electrons. The zero-order valence-electron chi connectivity index (χ0n) is 10.1. The van der Waals surface area contributed by atoms with Crippen molar-refractivity contribution >= 4 is 16.3 Å². The average Bonchev–Trinajstić information content (AvgIpc) is 2.89. The number of aromatic nitrogens is 4. The molecule has 0 saturated heterocycles. The van der Waals surface area contributed by atoms with Crippen LogP contribution in [0.5, 0.6) is 0 Å². The van der Waals surface area contributed by atoms with E-state index in [1.165, 1.54) is 5.01 Å². The first-order valence-corrected chi connectivity index (χ1v) is 6.94. The minimum absolute atomic E-state index is 0.346. The lowest BCUT2D eigenvalue weighted by molar-refractivity contribution is 0.651. The third kappa shape index (κ3) is 1.85. The molecule has 1 aliphatic carbocycles. The van der Waals surface area contributed by atoms with Crippen molar-refractivity contribution in [2.75, 3.05) is 0 Å². The van der Waals surface area contributed by atoms with Crippen LogP contribution in [0.4, 0.5) is 0 Å². The van der Waals surface area contributed by atoms with Gasteiger partial charge in [0, 0.05) is 17.9 Å². The first kappa shape index (κ1) is 11.1. The summed E-state index contributed by atoms with van der Waals surface area (Å²) < 4.78 is 1.90. The molecule has 17 heavy (non-hydrogen) atoms. The zero-order chi connectivity index (χ0) is 12.0. The molecular formula is C11H17N5S. The molecule has 6 heteroatoms. The molecule has 2 heterocycles. The molecule has 2 atom stereocenters. The summed E-state index contributed by atoms with van der Waals surface area (Å²) in [6.45, 7) is 4.22. The maximum absolute atomic E-state index is 5.95. The van der Waals surface area contributed by atoms with Crippen molar-refractivity contribution in [3.63, 3.8) is 0 Å². The zero-order valence-corrected chi connectivity index (χ0v) is 10.9. The van der Waals surface area contributed by atoms with Gasteiger partial charge in [0.25, 0.3) is 0 Å². The second kappa shape index (κ2) is 4.03. The molecule has 1 aliphatic rings. The van der Waals surface area contributed by atoms with E-state index in [0.717, 1.165) is 30.0 Å². The Hall–Kier alpha value is -1.01. The number of hydrogen-bond acceptors (Lipinski definition) is 5. The van der Waals surface area contributed by atoms with Gasteiger partial charge in [-0.05, 0) is 19.3 Å².